The van der Waals surface area contributed by atoms with Crippen molar-refractivity contribution in [2.75, 3.05) is 33.3 Å². The molecule has 2 aromatic rings. The molecule has 150 valence electrons. The van der Waals surface area contributed by atoms with Crippen LogP contribution in [0.3, 0.4) is 0 Å². The number of ether oxygens (including phenoxy) is 1. The second-order valence-electron chi connectivity index (χ2n) is 7.09. The lowest BCUT2D eigenvalue weighted by Crippen LogP contribution is -2.35. The standard InChI is InChI=1S/C22H26BrFN2O2/c1-28-20-8-3-17(4-9-20)5-10-22(27)26-12-2-11-25(13-14-26)16-18-6-7-19(24)15-21(18)23/h3-4,6-9,15H,2,5,10-14,16H2,1H3. The second-order valence-corrected chi connectivity index (χ2v) is 7.95. The Morgan fingerprint density at radius 2 is 1.89 bits per heavy atom. The summed E-state index contributed by atoms with van der Waals surface area (Å²) >= 11 is 3.44. The molecule has 0 unspecified atom stereocenters. The van der Waals surface area contributed by atoms with Crippen LogP contribution in [0.5, 0.6) is 5.75 Å². The zero-order valence-corrected chi connectivity index (χ0v) is 17.8. The maximum Gasteiger partial charge on any atom is 0.222 e. The van der Waals surface area contributed by atoms with Crippen LogP contribution >= 0.6 is 15.9 Å². The van der Waals surface area contributed by atoms with Crippen molar-refractivity contribution < 1.29 is 13.9 Å². The van der Waals surface area contributed by atoms with Gasteiger partial charge in [0.15, 0.2) is 0 Å². The summed E-state index contributed by atoms with van der Waals surface area (Å²) in [6.07, 6.45) is 2.22. The topological polar surface area (TPSA) is 32.8 Å². The van der Waals surface area contributed by atoms with Crippen LogP contribution in [0.1, 0.15) is 24.0 Å². The molecule has 0 spiro atoms. The lowest BCUT2D eigenvalue weighted by Gasteiger charge is -2.22. The van der Waals surface area contributed by atoms with Gasteiger partial charge in [0.25, 0.3) is 0 Å². The monoisotopic (exact) mass is 448 g/mol. The number of methoxy groups -OCH3 is 1. The van der Waals surface area contributed by atoms with Gasteiger partial charge in [0.1, 0.15) is 11.6 Å². The van der Waals surface area contributed by atoms with Gasteiger partial charge in [0.2, 0.25) is 5.91 Å². The fourth-order valence-corrected chi connectivity index (χ4v) is 3.95. The molecule has 2 aromatic carbocycles. The summed E-state index contributed by atoms with van der Waals surface area (Å²) in [4.78, 5) is 16.9. The van der Waals surface area contributed by atoms with E-state index < -0.39 is 0 Å². The zero-order valence-electron chi connectivity index (χ0n) is 16.2. The van der Waals surface area contributed by atoms with Crippen LogP contribution in [-0.4, -0.2) is 49.0 Å². The number of hydrogen-bond acceptors (Lipinski definition) is 3. The molecule has 4 nitrogen and oxygen atoms in total. The van der Waals surface area contributed by atoms with Crippen LogP contribution in [0.25, 0.3) is 0 Å². The molecule has 1 heterocycles. The highest BCUT2D eigenvalue weighted by atomic mass is 79.9. The molecule has 1 saturated heterocycles. The van der Waals surface area contributed by atoms with Crippen molar-refractivity contribution in [2.24, 2.45) is 0 Å². The number of carbonyl (C=O) groups excluding carboxylic acids is 1. The van der Waals surface area contributed by atoms with E-state index in [0.29, 0.717) is 6.42 Å². The number of benzene rings is 2. The first-order chi connectivity index (χ1) is 13.5. The average molecular weight is 449 g/mol. The van der Waals surface area contributed by atoms with E-state index in [9.17, 15) is 9.18 Å². The van der Waals surface area contributed by atoms with Crippen molar-refractivity contribution >= 4 is 21.8 Å². The van der Waals surface area contributed by atoms with E-state index in [-0.39, 0.29) is 11.7 Å². The Labute approximate surface area is 174 Å². The lowest BCUT2D eigenvalue weighted by molar-refractivity contribution is -0.131. The van der Waals surface area contributed by atoms with Gasteiger partial charge in [-0.1, -0.05) is 34.1 Å². The molecule has 1 amide bonds. The number of hydrogen-bond donors (Lipinski definition) is 0. The fourth-order valence-electron chi connectivity index (χ4n) is 3.47. The third-order valence-corrected chi connectivity index (χ3v) is 5.88. The maximum absolute atomic E-state index is 13.3. The van der Waals surface area contributed by atoms with E-state index in [2.05, 4.69) is 20.8 Å². The van der Waals surface area contributed by atoms with Crippen molar-refractivity contribution in [1.29, 1.82) is 0 Å². The number of amides is 1. The number of halogens is 2. The molecular formula is C22H26BrFN2O2. The highest BCUT2D eigenvalue weighted by Gasteiger charge is 2.19. The van der Waals surface area contributed by atoms with Gasteiger partial charge in [-0.3, -0.25) is 9.69 Å². The Bertz CT molecular complexity index is 798. The lowest BCUT2D eigenvalue weighted by atomic mass is 10.1. The molecule has 0 bridgehead atoms. The first kappa shape index (κ1) is 20.8. The van der Waals surface area contributed by atoms with E-state index in [1.807, 2.05) is 35.2 Å². The molecule has 0 aromatic heterocycles. The van der Waals surface area contributed by atoms with E-state index in [0.717, 1.165) is 66.9 Å². The van der Waals surface area contributed by atoms with E-state index >= 15 is 0 Å². The summed E-state index contributed by atoms with van der Waals surface area (Å²) in [7, 11) is 1.65. The first-order valence-corrected chi connectivity index (χ1v) is 10.4. The normalized spacial score (nSPS) is 15.3. The van der Waals surface area contributed by atoms with Crippen LogP contribution in [0.2, 0.25) is 0 Å². The number of carbonyl (C=O) groups is 1. The third-order valence-electron chi connectivity index (χ3n) is 5.14. The number of rotatable bonds is 6. The fraction of sp³-hybridized carbons (Fsp3) is 0.409. The minimum atomic E-state index is -0.236. The molecule has 0 atom stereocenters. The van der Waals surface area contributed by atoms with Crippen LogP contribution in [0.15, 0.2) is 46.9 Å². The van der Waals surface area contributed by atoms with Gasteiger partial charge in [-0.25, -0.2) is 4.39 Å². The maximum atomic E-state index is 13.3. The Morgan fingerprint density at radius 1 is 1.11 bits per heavy atom. The molecule has 1 aliphatic rings. The predicted octanol–water partition coefficient (Wildman–Crippen LogP) is 4.26. The molecule has 3 rings (SSSR count). The molecule has 0 radical (unpaired) electrons. The Balaban J connectivity index is 1.49. The number of nitrogens with zero attached hydrogens (tertiary/aromatic N) is 2. The second kappa shape index (κ2) is 10.0. The molecular weight excluding hydrogens is 423 g/mol. The van der Waals surface area contributed by atoms with Gasteiger partial charge in [-0.05, 0) is 48.2 Å². The largest absolute Gasteiger partial charge is 0.497 e. The van der Waals surface area contributed by atoms with Gasteiger partial charge < -0.3 is 9.64 Å². The van der Waals surface area contributed by atoms with Crippen molar-refractivity contribution in [2.45, 2.75) is 25.8 Å². The summed E-state index contributed by atoms with van der Waals surface area (Å²) in [5, 5.41) is 0. The van der Waals surface area contributed by atoms with Crippen molar-refractivity contribution in [3.05, 3.63) is 63.9 Å². The van der Waals surface area contributed by atoms with Gasteiger partial charge in [-0.2, -0.15) is 0 Å². The molecule has 0 saturated carbocycles. The van der Waals surface area contributed by atoms with Gasteiger partial charge in [0.05, 0.1) is 7.11 Å². The molecule has 6 heteroatoms. The van der Waals surface area contributed by atoms with E-state index in [4.69, 9.17) is 4.74 Å². The van der Waals surface area contributed by atoms with Gasteiger partial charge in [0, 0.05) is 43.6 Å². The summed E-state index contributed by atoms with van der Waals surface area (Å²) in [6.45, 7) is 4.06. The molecule has 0 N–H and O–H groups in total. The zero-order chi connectivity index (χ0) is 19.9. The van der Waals surface area contributed by atoms with Crippen LogP contribution in [0, 0.1) is 5.82 Å². The first-order valence-electron chi connectivity index (χ1n) is 9.62. The van der Waals surface area contributed by atoms with Gasteiger partial charge >= 0.3 is 0 Å². The molecule has 0 aliphatic carbocycles. The van der Waals surface area contributed by atoms with Crippen LogP contribution in [-0.2, 0) is 17.8 Å². The quantitative estimate of drug-likeness (QED) is 0.661. The summed E-state index contributed by atoms with van der Waals surface area (Å²) in [5.74, 6) is 0.802. The average Bonchev–Trinajstić information content (AvgIpc) is 2.94. The minimum Gasteiger partial charge on any atom is -0.497 e. The summed E-state index contributed by atoms with van der Waals surface area (Å²) in [5.41, 5.74) is 2.22. The van der Waals surface area contributed by atoms with Crippen LogP contribution < -0.4 is 4.74 Å². The SMILES string of the molecule is COc1ccc(CCC(=O)N2CCCN(Cc3ccc(F)cc3Br)CC2)cc1. The van der Waals surface area contributed by atoms with Gasteiger partial charge in [-0.15, -0.1) is 0 Å². The van der Waals surface area contributed by atoms with Crippen molar-refractivity contribution in [3.63, 3.8) is 0 Å². The minimum absolute atomic E-state index is 0.209. The third kappa shape index (κ3) is 5.79. The van der Waals surface area contributed by atoms with E-state index in [1.165, 1.54) is 12.1 Å². The molecule has 1 aliphatic heterocycles. The Kier molecular flexibility index (Phi) is 7.45. The Morgan fingerprint density at radius 3 is 2.61 bits per heavy atom. The smallest absolute Gasteiger partial charge is 0.222 e. The highest BCUT2D eigenvalue weighted by Crippen LogP contribution is 2.20. The van der Waals surface area contributed by atoms with E-state index in [1.54, 1.807) is 7.11 Å². The summed E-state index contributed by atoms with van der Waals surface area (Å²) < 4.78 is 19.2. The Hall–Kier alpha value is -1.92. The summed E-state index contributed by atoms with van der Waals surface area (Å²) in [6, 6.07) is 12.7. The van der Waals surface area contributed by atoms with Crippen molar-refractivity contribution in [3.8, 4) is 5.75 Å². The van der Waals surface area contributed by atoms with Crippen molar-refractivity contribution in [1.82, 2.24) is 9.80 Å². The molecule has 1 fully saturated rings. The molecule has 28 heavy (non-hydrogen) atoms. The highest BCUT2D eigenvalue weighted by molar-refractivity contribution is 9.10. The number of aryl methyl sites for hydroxylation is 1. The van der Waals surface area contributed by atoms with Crippen LogP contribution in [0.4, 0.5) is 4.39 Å². The predicted molar refractivity (Wildman–Crippen MR) is 112 cm³/mol.